The average molecular weight is 357 g/mol. The molecule has 0 radical (unpaired) electrons. The lowest BCUT2D eigenvalue weighted by Crippen LogP contribution is -2.34. The van der Waals surface area contributed by atoms with Crippen molar-refractivity contribution < 1.29 is 12.8 Å². The van der Waals surface area contributed by atoms with Gasteiger partial charge in [-0.1, -0.05) is 29.8 Å². The molecule has 0 saturated heterocycles. The lowest BCUT2D eigenvalue weighted by atomic mass is 10.1. The van der Waals surface area contributed by atoms with Crippen LogP contribution in [0.1, 0.15) is 11.6 Å². The number of hydrogen-bond acceptors (Lipinski definition) is 3. The molecule has 7 heteroatoms. The number of rotatable bonds is 6. The van der Waals surface area contributed by atoms with Crippen molar-refractivity contribution >= 4 is 21.6 Å². The lowest BCUT2D eigenvalue weighted by Gasteiger charge is -2.26. The summed E-state index contributed by atoms with van der Waals surface area (Å²) >= 11 is 6.20. The van der Waals surface area contributed by atoms with Crippen molar-refractivity contribution in [3.8, 4) is 0 Å². The van der Waals surface area contributed by atoms with E-state index in [1.807, 2.05) is 37.2 Å². The molecule has 0 aliphatic heterocycles. The van der Waals surface area contributed by atoms with Crippen molar-refractivity contribution in [2.45, 2.75) is 10.9 Å². The minimum Gasteiger partial charge on any atom is -0.301 e. The second-order valence-corrected chi connectivity index (χ2v) is 7.48. The third-order valence-electron chi connectivity index (χ3n) is 3.48. The Bertz CT molecular complexity index is 764. The highest BCUT2D eigenvalue weighted by molar-refractivity contribution is 7.89. The second kappa shape index (κ2) is 7.40. The van der Waals surface area contributed by atoms with Gasteiger partial charge in [-0.05, 0) is 50.0 Å². The standard InChI is InChI=1S/C16H18ClFN2O2S/c1-20(2)16(14-5-3-4-6-15(14)17)11-19-23(21,22)13-9-7-12(18)8-10-13/h3-10,16,19H,11H2,1-2H3/t16-/m1/s1. The maximum Gasteiger partial charge on any atom is 0.240 e. The minimum absolute atomic E-state index is 0.0237. The van der Waals surface area contributed by atoms with Crippen LogP contribution >= 0.6 is 11.6 Å². The van der Waals surface area contributed by atoms with Gasteiger partial charge in [0.05, 0.1) is 4.90 Å². The van der Waals surface area contributed by atoms with Crippen LogP contribution in [0.5, 0.6) is 0 Å². The zero-order valence-corrected chi connectivity index (χ0v) is 14.4. The maximum absolute atomic E-state index is 12.9. The summed E-state index contributed by atoms with van der Waals surface area (Å²) in [4.78, 5) is 1.91. The first-order chi connectivity index (χ1) is 10.8. The second-order valence-electron chi connectivity index (χ2n) is 5.31. The number of likely N-dealkylation sites (N-methyl/N-ethyl adjacent to an activating group) is 1. The van der Waals surface area contributed by atoms with Crippen LogP contribution in [0.4, 0.5) is 4.39 Å². The highest BCUT2D eigenvalue weighted by Gasteiger charge is 2.21. The van der Waals surface area contributed by atoms with Gasteiger partial charge in [-0.25, -0.2) is 17.5 Å². The normalized spacial score (nSPS) is 13.3. The quantitative estimate of drug-likeness (QED) is 0.865. The molecule has 0 aliphatic carbocycles. The molecule has 0 amide bonds. The van der Waals surface area contributed by atoms with Gasteiger partial charge in [-0.2, -0.15) is 0 Å². The zero-order chi connectivity index (χ0) is 17.0. The number of nitrogens with zero attached hydrogens (tertiary/aromatic N) is 1. The van der Waals surface area contributed by atoms with Crippen LogP contribution in [0.2, 0.25) is 5.02 Å². The fraction of sp³-hybridized carbons (Fsp3) is 0.250. The number of hydrogen-bond donors (Lipinski definition) is 1. The van der Waals surface area contributed by atoms with Gasteiger partial charge in [0.2, 0.25) is 10.0 Å². The van der Waals surface area contributed by atoms with Gasteiger partial charge < -0.3 is 4.90 Å². The average Bonchev–Trinajstić information content (AvgIpc) is 2.49. The third kappa shape index (κ3) is 4.51. The Kier molecular flexibility index (Phi) is 5.75. The molecule has 4 nitrogen and oxygen atoms in total. The van der Waals surface area contributed by atoms with Gasteiger partial charge in [0, 0.05) is 17.6 Å². The molecule has 2 aromatic carbocycles. The molecule has 0 unspecified atom stereocenters. The molecule has 0 saturated carbocycles. The van der Waals surface area contributed by atoms with E-state index in [4.69, 9.17) is 11.6 Å². The van der Waals surface area contributed by atoms with E-state index in [0.29, 0.717) is 5.02 Å². The molecule has 1 atom stereocenters. The molecule has 2 aromatic rings. The number of sulfonamides is 1. The number of benzene rings is 2. The van der Waals surface area contributed by atoms with E-state index in [9.17, 15) is 12.8 Å². The van der Waals surface area contributed by atoms with E-state index in [2.05, 4.69) is 4.72 Å². The monoisotopic (exact) mass is 356 g/mol. The fourth-order valence-corrected chi connectivity index (χ4v) is 3.50. The summed E-state index contributed by atoms with van der Waals surface area (Å²) < 4.78 is 40.1. The van der Waals surface area contributed by atoms with Crippen LogP contribution in [-0.4, -0.2) is 34.0 Å². The van der Waals surface area contributed by atoms with Gasteiger partial charge in [-0.3, -0.25) is 0 Å². The molecule has 0 spiro atoms. The van der Waals surface area contributed by atoms with E-state index in [0.717, 1.165) is 17.7 Å². The van der Waals surface area contributed by atoms with Crippen molar-refractivity contribution in [2.24, 2.45) is 0 Å². The van der Waals surface area contributed by atoms with Crippen LogP contribution in [0.25, 0.3) is 0 Å². The summed E-state index contributed by atoms with van der Waals surface area (Å²) in [5, 5.41) is 0.576. The summed E-state index contributed by atoms with van der Waals surface area (Å²) in [5.41, 5.74) is 0.834. The van der Waals surface area contributed by atoms with Gasteiger partial charge in [0.15, 0.2) is 0 Å². The van der Waals surface area contributed by atoms with Crippen LogP contribution in [0, 0.1) is 5.82 Å². The molecule has 23 heavy (non-hydrogen) atoms. The van der Waals surface area contributed by atoms with Gasteiger partial charge in [-0.15, -0.1) is 0 Å². The molecule has 1 N–H and O–H groups in total. The Hall–Kier alpha value is -1.47. The first-order valence-electron chi connectivity index (χ1n) is 6.97. The first kappa shape index (κ1) is 17.9. The van der Waals surface area contributed by atoms with Crippen LogP contribution in [-0.2, 0) is 10.0 Å². The SMILES string of the molecule is CN(C)[C@H](CNS(=O)(=O)c1ccc(F)cc1)c1ccccc1Cl. The largest absolute Gasteiger partial charge is 0.301 e. The van der Waals surface area contributed by atoms with E-state index >= 15 is 0 Å². The molecule has 0 heterocycles. The molecular formula is C16H18ClFN2O2S. The zero-order valence-electron chi connectivity index (χ0n) is 12.8. The molecule has 0 bridgehead atoms. The molecular weight excluding hydrogens is 339 g/mol. The summed E-state index contributed by atoms with van der Waals surface area (Å²) in [5.74, 6) is -0.480. The van der Waals surface area contributed by atoms with E-state index in [-0.39, 0.29) is 17.5 Å². The Morgan fingerprint density at radius 1 is 1.13 bits per heavy atom. The molecule has 0 fully saturated rings. The highest BCUT2D eigenvalue weighted by Crippen LogP contribution is 2.25. The third-order valence-corrected chi connectivity index (χ3v) is 5.26. The predicted octanol–water partition coefficient (Wildman–Crippen LogP) is 3.06. The van der Waals surface area contributed by atoms with Gasteiger partial charge >= 0.3 is 0 Å². The van der Waals surface area contributed by atoms with E-state index in [1.54, 1.807) is 6.07 Å². The topological polar surface area (TPSA) is 49.4 Å². The summed E-state index contributed by atoms with van der Waals surface area (Å²) in [6, 6.07) is 11.8. The Labute approximate surface area is 140 Å². The minimum atomic E-state index is -3.71. The van der Waals surface area contributed by atoms with Crippen molar-refractivity contribution in [1.82, 2.24) is 9.62 Å². The smallest absolute Gasteiger partial charge is 0.240 e. The van der Waals surface area contributed by atoms with Crippen LogP contribution < -0.4 is 4.72 Å². The highest BCUT2D eigenvalue weighted by atomic mass is 35.5. The molecule has 0 aliphatic rings. The lowest BCUT2D eigenvalue weighted by molar-refractivity contribution is 0.299. The van der Waals surface area contributed by atoms with Crippen molar-refractivity contribution in [2.75, 3.05) is 20.6 Å². The summed E-state index contributed by atoms with van der Waals surface area (Å²) in [6.45, 7) is 0.149. The number of nitrogens with one attached hydrogen (secondary N) is 1. The molecule has 0 aromatic heterocycles. The fourth-order valence-electron chi connectivity index (χ4n) is 2.20. The molecule has 124 valence electrons. The van der Waals surface area contributed by atoms with E-state index in [1.165, 1.54) is 12.1 Å². The summed E-state index contributed by atoms with van der Waals surface area (Å²) in [6.07, 6.45) is 0. The predicted molar refractivity (Wildman–Crippen MR) is 89.5 cm³/mol. The van der Waals surface area contributed by atoms with Gasteiger partial charge in [0.1, 0.15) is 5.82 Å². The Morgan fingerprint density at radius 2 is 1.74 bits per heavy atom. The van der Waals surface area contributed by atoms with Crippen LogP contribution in [0.3, 0.4) is 0 Å². The van der Waals surface area contributed by atoms with Crippen molar-refractivity contribution in [1.29, 1.82) is 0 Å². The van der Waals surface area contributed by atoms with Gasteiger partial charge in [0.25, 0.3) is 0 Å². The van der Waals surface area contributed by atoms with Crippen molar-refractivity contribution in [3.05, 3.63) is 64.9 Å². The maximum atomic E-state index is 12.9. The number of halogens is 2. The first-order valence-corrected chi connectivity index (χ1v) is 8.83. The molecule has 2 rings (SSSR count). The Balaban J connectivity index is 2.19. The Morgan fingerprint density at radius 3 is 2.30 bits per heavy atom. The van der Waals surface area contributed by atoms with Crippen molar-refractivity contribution in [3.63, 3.8) is 0 Å². The summed E-state index contributed by atoms with van der Waals surface area (Å²) in [7, 11) is -0.0181. The van der Waals surface area contributed by atoms with Crippen LogP contribution in [0.15, 0.2) is 53.4 Å². The van der Waals surface area contributed by atoms with E-state index < -0.39 is 15.8 Å².